The van der Waals surface area contributed by atoms with Gasteiger partial charge in [0.25, 0.3) is 0 Å². The lowest BCUT2D eigenvalue weighted by Crippen LogP contribution is -2.23. The van der Waals surface area contributed by atoms with E-state index in [2.05, 4.69) is 25.9 Å². The van der Waals surface area contributed by atoms with Gasteiger partial charge in [0.05, 0.1) is 12.9 Å². The number of hydrogen-bond donors (Lipinski definition) is 1. The molecule has 3 rings (SSSR count). The van der Waals surface area contributed by atoms with Crippen LogP contribution in [0.25, 0.3) is 11.2 Å². The molecule has 114 valence electrons. The number of fused-ring (bicyclic) bond motifs is 1. The van der Waals surface area contributed by atoms with Gasteiger partial charge in [-0.3, -0.25) is 4.57 Å². The molecule has 0 amide bonds. The van der Waals surface area contributed by atoms with Gasteiger partial charge < -0.3 is 15.0 Å². The number of anilines is 1. The molecule has 0 aliphatic carbocycles. The molecule has 0 unspecified atom stereocenters. The fraction of sp³-hybridized carbons (Fsp3) is 0.214. The third-order valence-electron chi connectivity index (χ3n) is 3.33. The Morgan fingerprint density at radius 3 is 2.77 bits per heavy atom. The maximum absolute atomic E-state index is 11.6. The zero-order valence-electron chi connectivity index (χ0n) is 11.9. The highest BCUT2D eigenvalue weighted by Gasteiger charge is 2.11. The van der Waals surface area contributed by atoms with Crippen LogP contribution in [0.5, 0.6) is 5.75 Å². The van der Waals surface area contributed by atoms with Crippen molar-refractivity contribution < 1.29 is 4.74 Å². The van der Waals surface area contributed by atoms with Crippen LogP contribution < -0.4 is 16.2 Å². The van der Waals surface area contributed by atoms with Crippen LogP contribution in [-0.2, 0) is 13.6 Å². The lowest BCUT2D eigenvalue weighted by molar-refractivity contribution is 0.300. The average Bonchev–Trinajstić information content (AvgIpc) is 2.90. The number of rotatable bonds is 4. The minimum Gasteiger partial charge on any atom is -0.492 e. The van der Waals surface area contributed by atoms with Crippen LogP contribution in [0.3, 0.4) is 0 Å². The van der Waals surface area contributed by atoms with Crippen LogP contribution >= 0.6 is 15.9 Å². The largest absolute Gasteiger partial charge is 0.492 e. The van der Waals surface area contributed by atoms with Crippen LogP contribution in [0.15, 0.2) is 39.9 Å². The van der Waals surface area contributed by atoms with Crippen LogP contribution in [0, 0.1) is 0 Å². The molecule has 0 fully saturated rings. The van der Waals surface area contributed by atoms with Gasteiger partial charge >= 0.3 is 5.69 Å². The maximum atomic E-state index is 11.6. The predicted molar refractivity (Wildman–Crippen MR) is 86.8 cm³/mol. The summed E-state index contributed by atoms with van der Waals surface area (Å²) in [5.74, 6) is 1.13. The first-order valence-electron chi connectivity index (χ1n) is 6.62. The molecule has 2 heterocycles. The Hall–Kier alpha value is -2.35. The van der Waals surface area contributed by atoms with Crippen molar-refractivity contribution in [3.63, 3.8) is 0 Å². The maximum Gasteiger partial charge on any atom is 0.351 e. The number of hydrogen-bond acceptors (Lipinski definition) is 5. The second kappa shape index (κ2) is 5.80. The quantitative estimate of drug-likeness (QED) is 0.759. The predicted octanol–water partition coefficient (Wildman–Crippen LogP) is 1.55. The Bertz CT molecular complexity index is 869. The molecule has 0 radical (unpaired) electrons. The zero-order valence-corrected chi connectivity index (χ0v) is 13.4. The van der Waals surface area contributed by atoms with Crippen LogP contribution in [0.2, 0.25) is 0 Å². The number of ether oxygens (including phenoxy) is 1. The van der Waals surface area contributed by atoms with Crippen molar-refractivity contribution >= 4 is 32.9 Å². The Morgan fingerprint density at radius 2 is 2.05 bits per heavy atom. The van der Waals surface area contributed by atoms with Crippen molar-refractivity contribution in [2.75, 3.05) is 12.3 Å². The van der Waals surface area contributed by atoms with E-state index >= 15 is 0 Å². The lowest BCUT2D eigenvalue weighted by Gasteiger charge is -2.09. The molecule has 0 saturated carbocycles. The monoisotopic (exact) mass is 363 g/mol. The fourth-order valence-electron chi connectivity index (χ4n) is 2.10. The number of benzene rings is 1. The molecule has 0 bridgehead atoms. The normalized spacial score (nSPS) is 11.0. The van der Waals surface area contributed by atoms with Gasteiger partial charge in [-0.05, 0) is 24.3 Å². The molecular formula is C14H14BrN5O2. The highest BCUT2D eigenvalue weighted by Crippen LogP contribution is 2.17. The average molecular weight is 364 g/mol. The third kappa shape index (κ3) is 2.69. The minimum absolute atomic E-state index is 0.344. The van der Waals surface area contributed by atoms with Gasteiger partial charge in [-0.1, -0.05) is 15.9 Å². The molecule has 0 saturated heterocycles. The first kappa shape index (κ1) is 14.6. The zero-order chi connectivity index (χ0) is 15.7. The van der Waals surface area contributed by atoms with Gasteiger partial charge in [0.15, 0.2) is 5.65 Å². The first-order valence-corrected chi connectivity index (χ1v) is 7.41. The van der Waals surface area contributed by atoms with Gasteiger partial charge in [-0.2, -0.15) is 4.98 Å². The van der Waals surface area contributed by atoms with E-state index in [0.29, 0.717) is 30.1 Å². The molecule has 2 N–H and O–H groups in total. The van der Waals surface area contributed by atoms with E-state index in [1.54, 1.807) is 13.4 Å². The SMILES string of the molecule is Cn1c(N)c2c(ncn2CCOc2ccc(Br)cc2)nc1=O. The van der Waals surface area contributed by atoms with E-state index in [1.807, 2.05) is 28.8 Å². The van der Waals surface area contributed by atoms with Crippen LogP contribution in [0.4, 0.5) is 5.82 Å². The summed E-state index contributed by atoms with van der Waals surface area (Å²) in [6, 6.07) is 7.60. The van der Waals surface area contributed by atoms with Crippen LogP contribution in [-0.4, -0.2) is 25.7 Å². The molecule has 7 nitrogen and oxygen atoms in total. The summed E-state index contributed by atoms with van der Waals surface area (Å²) in [5.41, 5.74) is 6.56. The molecule has 0 spiro atoms. The van der Waals surface area contributed by atoms with Crippen molar-refractivity contribution in [3.8, 4) is 5.75 Å². The molecular weight excluding hydrogens is 350 g/mol. The van der Waals surface area contributed by atoms with E-state index in [9.17, 15) is 4.79 Å². The minimum atomic E-state index is -0.415. The van der Waals surface area contributed by atoms with E-state index in [4.69, 9.17) is 10.5 Å². The van der Waals surface area contributed by atoms with Gasteiger partial charge in [0.1, 0.15) is 23.7 Å². The summed E-state index contributed by atoms with van der Waals surface area (Å²) >= 11 is 3.38. The number of halogens is 1. The highest BCUT2D eigenvalue weighted by molar-refractivity contribution is 9.10. The summed E-state index contributed by atoms with van der Waals surface area (Å²) in [7, 11) is 1.58. The molecule has 0 atom stereocenters. The number of aromatic nitrogens is 4. The van der Waals surface area contributed by atoms with Gasteiger partial charge in [0, 0.05) is 11.5 Å². The van der Waals surface area contributed by atoms with Gasteiger partial charge in [0.2, 0.25) is 0 Å². The summed E-state index contributed by atoms with van der Waals surface area (Å²) in [4.78, 5) is 19.6. The smallest absolute Gasteiger partial charge is 0.351 e. The van der Waals surface area contributed by atoms with Crippen molar-refractivity contribution in [1.29, 1.82) is 0 Å². The van der Waals surface area contributed by atoms with E-state index in [-0.39, 0.29) is 0 Å². The Labute approximate surface area is 134 Å². The summed E-state index contributed by atoms with van der Waals surface area (Å²) in [5, 5.41) is 0. The van der Waals surface area contributed by atoms with Gasteiger partial charge in [-0.15, -0.1) is 0 Å². The van der Waals surface area contributed by atoms with Crippen LogP contribution in [0.1, 0.15) is 0 Å². The van der Waals surface area contributed by atoms with E-state index < -0.39 is 5.69 Å². The standard InChI is InChI=1S/C14H14BrN5O2/c1-19-12(16)11-13(18-14(19)21)17-8-20(11)6-7-22-10-4-2-9(15)3-5-10/h2-5,8H,6-7,16H2,1H3. The first-order chi connectivity index (χ1) is 10.6. The Kier molecular flexibility index (Phi) is 3.84. The van der Waals surface area contributed by atoms with Crippen molar-refractivity contribution in [2.24, 2.45) is 7.05 Å². The summed E-state index contributed by atoms with van der Waals surface area (Å²) in [6.45, 7) is 1.01. The van der Waals surface area contributed by atoms with E-state index in [1.165, 1.54) is 4.57 Å². The Morgan fingerprint density at radius 1 is 1.32 bits per heavy atom. The summed E-state index contributed by atoms with van der Waals surface area (Å²) in [6.07, 6.45) is 1.61. The van der Waals surface area contributed by atoms with E-state index in [0.717, 1.165) is 10.2 Å². The van der Waals surface area contributed by atoms with Gasteiger partial charge in [-0.25, -0.2) is 9.78 Å². The third-order valence-corrected chi connectivity index (χ3v) is 3.85. The molecule has 0 aliphatic rings. The number of imidazole rings is 1. The van der Waals surface area contributed by atoms with Crippen molar-refractivity contribution in [2.45, 2.75) is 6.54 Å². The molecule has 0 aliphatic heterocycles. The Balaban J connectivity index is 1.78. The summed E-state index contributed by atoms with van der Waals surface area (Å²) < 4.78 is 9.81. The van der Waals surface area contributed by atoms with Crippen molar-refractivity contribution in [3.05, 3.63) is 45.5 Å². The molecule has 22 heavy (non-hydrogen) atoms. The second-order valence-electron chi connectivity index (χ2n) is 4.75. The molecule has 1 aromatic carbocycles. The lowest BCUT2D eigenvalue weighted by atomic mass is 10.3. The highest BCUT2D eigenvalue weighted by atomic mass is 79.9. The molecule has 2 aromatic heterocycles. The topological polar surface area (TPSA) is 88.0 Å². The molecule has 8 heteroatoms. The number of nitrogens with zero attached hydrogens (tertiary/aromatic N) is 4. The number of nitrogens with two attached hydrogens (primary N) is 1. The van der Waals surface area contributed by atoms with Crippen molar-refractivity contribution in [1.82, 2.24) is 19.1 Å². The molecule has 3 aromatic rings. The number of nitrogen functional groups attached to an aromatic ring is 1. The second-order valence-corrected chi connectivity index (χ2v) is 5.67. The fourth-order valence-corrected chi connectivity index (χ4v) is 2.37.